The predicted molar refractivity (Wildman–Crippen MR) is 89.6 cm³/mol. The minimum absolute atomic E-state index is 0.0297. The van der Waals surface area contributed by atoms with Gasteiger partial charge in [-0.15, -0.1) is 11.3 Å². The first kappa shape index (κ1) is 14.8. The highest BCUT2D eigenvalue weighted by Gasteiger charge is 2.19. The minimum atomic E-state index is -0.151. The zero-order chi connectivity index (χ0) is 16.4. The van der Waals surface area contributed by atoms with Gasteiger partial charge in [0.25, 0.3) is 5.91 Å². The molecule has 0 fully saturated rings. The molecule has 7 heteroatoms. The van der Waals surface area contributed by atoms with E-state index in [1.807, 2.05) is 34.5 Å². The van der Waals surface area contributed by atoms with Gasteiger partial charge in [-0.05, 0) is 35.7 Å². The smallest absolute Gasteiger partial charge is 0.251 e. The molecule has 0 saturated heterocycles. The third-order valence-corrected chi connectivity index (χ3v) is 4.78. The van der Waals surface area contributed by atoms with Crippen LogP contribution in [-0.4, -0.2) is 29.0 Å². The summed E-state index contributed by atoms with van der Waals surface area (Å²) in [5, 5.41) is 9.30. The fourth-order valence-corrected chi connectivity index (χ4v) is 3.42. The van der Waals surface area contributed by atoms with Gasteiger partial charge in [0, 0.05) is 29.4 Å². The Labute approximate surface area is 142 Å². The average Bonchev–Trinajstić information content (AvgIpc) is 3.36. The molecule has 1 N–H and O–H groups in total. The Morgan fingerprint density at radius 2 is 2.21 bits per heavy atom. The van der Waals surface area contributed by atoms with E-state index in [9.17, 15) is 4.79 Å². The Hall–Kier alpha value is -2.80. The molecule has 4 rings (SSSR count). The topological polar surface area (TPSA) is 65.4 Å². The van der Waals surface area contributed by atoms with Crippen molar-refractivity contribution in [2.45, 2.75) is 6.04 Å². The molecule has 122 valence electrons. The number of benzene rings is 1. The monoisotopic (exact) mass is 341 g/mol. The third kappa shape index (κ3) is 2.85. The zero-order valence-corrected chi connectivity index (χ0v) is 13.5. The van der Waals surface area contributed by atoms with Crippen molar-refractivity contribution in [1.82, 2.24) is 15.1 Å². The van der Waals surface area contributed by atoms with Crippen LogP contribution >= 0.6 is 11.3 Å². The van der Waals surface area contributed by atoms with Crippen molar-refractivity contribution in [3.8, 4) is 11.5 Å². The first-order valence-corrected chi connectivity index (χ1v) is 8.39. The molecule has 6 nitrogen and oxygen atoms in total. The van der Waals surface area contributed by atoms with Crippen molar-refractivity contribution in [3.05, 3.63) is 64.6 Å². The molecule has 1 aliphatic heterocycles. The van der Waals surface area contributed by atoms with Crippen LogP contribution in [0.15, 0.2) is 54.2 Å². The first-order valence-electron chi connectivity index (χ1n) is 7.51. The van der Waals surface area contributed by atoms with Crippen molar-refractivity contribution in [1.29, 1.82) is 0 Å². The molecule has 24 heavy (non-hydrogen) atoms. The summed E-state index contributed by atoms with van der Waals surface area (Å²) in [4.78, 5) is 13.6. The average molecular weight is 341 g/mol. The van der Waals surface area contributed by atoms with Crippen LogP contribution in [0, 0.1) is 0 Å². The lowest BCUT2D eigenvalue weighted by Gasteiger charge is -2.17. The number of aromatic nitrogens is 2. The van der Waals surface area contributed by atoms with Gasteiger partial charge >= 0.3 is 0 Å². The standard InChI is InChI=1S/C17H15N3O3S/c21-17(12-4-5-14-15(9-12)23-11-22-14)18-10-13(16-3-1-8-24-16)20-7-2-6-19-20/h1-9,13H,10-11H2,(H,18,21). The van der Waals surface area contributed by atoms with Crippen LogP contribution in [0.1, 0.15) is 21.3 Å². The summed E-state index contributed by atoms with van der Waals surface area (Å²) in [6.45, 7) is 0.648. The van der Waals surface area contributed by atoms with E-state index < -0.39 is 0 Å². The van der Waals surface area contributed by atoms with E-state index in [1.165, 1.54) is 0 Å². The molecule has 1 amide bonds. The van der Waals surface area contributed by atoms with Crippen LogP contribution in [0.25, 0.3) is 0 Å². The van der Waals surface area contributed by atoms with Gasteiger partial charge in [0.1, 0.15) is 6.04 Å². The lowest BCUT2D eigenvalue weighted by atomic mass is 10.1. The molecule has 1 aliphatic rings. The molecule has 1 unspecified atom stereocenters. The number of hydrogen-bond acceptors (Lipinski definition) is 5. The number of rotatable bonds is 5. The van der Waals surface area contributed by atoms with E-state index in [0.29, 0.717) is 23.6 Å². The SMILES string of the molecule is O=C(NCC(c1cccs1)n1cccn1)c1ccc2c(c1)OCO2. The summed E-state index contributed by atoms with van der Waals surface area (Å²) in [6.07, 6.45) is 3.64. The Balaban J connectivity index is 1.49. The zero-order valence-electron chi connectivity index (χ0n) is 12.7. The largest absolute Gasteiger partial charge is 0.454 e. The second-order valence-electron chi connectivity index (χ2n) is 5.30. The molecular formula is C17H15N3O3S. The van der Waals surface area contributed by atoms with Crippen molar-refractivity contribution in [2.75, 3.05) is 13.3 Å². The van der Waals surface area contributed by atoms with Gasteiger partial charge in [-0.25, -0.2) is 0 Å². The summed E-state index contributed by atoms with van der Waals surface area (Å²) < 4.78 is 12.4. The molecule has 3 aromatic rings. The summed E-state index contributed by atoms with van der Waals surface area (Å²) in [6, 6.07) is 11.1. The van der Waals surface area contributed by atoms with Crippen LogP contribution in [0.2, 0.25) is 0 Å². The number of amides is 1. The quantitative estimate of drug-likeness (QED) is 0.775. The molecular weight excluding hydrogens is 326 g/mol. The Bertz CT molecular complexity index is 797. The second-order valence-corrected chi connectivity index (χ2v) is 6.27. The Kier molecular flexibility index (Phi) is 3.92. The summed E-state index contributed by atoms with van der Waals surface area (Å²) in [5.41, 5.74) is 0.546. The van der Waals surface area contributed by atoms with E-state index in [1.54, 1.807) is 35.7 Å². The van der Waals surface area contributed by atoms with Crippen LogP contribution in [0.3, 0.4) is 0 Å². The molecule has 0 bridgehead atoms. The molecule has 0 radical (unpaired) electrons. The number of ether oxygens (including phenoxy) is 2. The number of nitrogens with zero attached hydrogens (tertiary/aromatic N) is 2. The molecule has 0 aliphatic carbocycles. The van der Waals surface area contributed by atoms with E-state index in [2.05, 4.69) is 10.4 Å². The maximum absolute atomic E-state index is 12.5. The third-order valence-electron chi connectivity index (χ3n) is 3.81. The lowest BCUT2D eigenvalue weighted by molar-refractivity contribution is 0.0949. The van der Waals surface area contributed by atoms with Gasteiger partial charge < -0.3 is 14.8 Å². The van der Waals surface area contributed by atoms with Crippen molar-refractivity contribution in [3.63, 3.8) is 0 Å². The fourth-order valence-electron chi connectivity index (χ4n) is 2.60. The van der Waals surface area contributed by atoms with Gasteiger partial charge in [-0.1, -0.05) is 6.07 Å². The van der Waals surface area contributed by atoms with Gasteiger partial charge in [-0.2, -0.15) is 5.10 Å². The number of nitrogens with one attached hydrogen (secondary N) is 1. The normalized spacial score (nSPS) is 13.7. The number of thiophene rings is 1. The summed E-state index contributed by atoms with van der Waals surface area (Å²) in [5.74, 6) is 1.12. The van der Waals surface area contributed by atoms with Crippen molar-refractivity contribution in [2.24, 2.45) is 0 Å². The molecule has 3 heterocycles. The molecule has 1 aromatic carbocycles. The second kappa shape index (κ2) is 6.37. The molecule has 0 saturated carbocycles. The van der Waals surface area contributed by atoms with Gasteiger partial charge in [0.2, 0.25) is 6.79 Å². The number of carbonyl (C=O) groups excluding carboxylic acids is 1. The predicted octanol–water partition coefficient (Wildman–Crippen LogP) is 2.69. The van der Waals surface area contributed by atoms with E-state index in [0.717, 1.165) is 4.88 Å². The van der Waals surface area contributed by atoms with Crippen molar-refractivity contribution >= 4 is 17.2 Å². The molecule has 0 spiro atoms. The van der Waals surface area contributed by atoms with Gasteiger partial charge in [0.05, 0.1) is 0 Å². The first-order chi connectivity index (χ1) is 11.8. The maximum atomic E-state index is 12.5. The lowest BCUT2D eigenvalue weighted by Crippen LogP contribution is -2.31. The van der Waals surface area contributed by atoms with E-state index in [-0.39, 0.29) is 18.7 Å². The van der Waals surface area contributed by atoms with E-state index >= 15 is 0 Å². The number of fused-ring (bicyclic) bond motifs is 1. The highest BCUT2D eigenvalue weighted by molar-refractivity contribution is 7.10. The van der Waals surface area contributed by atoms with Gasteiger partial charge in [0.15, 0.2) is 11.5 Å². The summed E-state index contributed by atoms with van der Waals surface area (Å²) in [7, 11) is 0. The number of hydrogen-bond donors (Lipinski definition) is 1. The summed E-state index contributed by atoms with van der Waals surface area (Å²) >= 11 is 1.64. The van der Waals surface area contributed by atoms with Crippen molar-refractivity contribution < 1.29 is 14.3 Å². The highest BCUT2D eigenvalue weighted by atomic mass is 32.1. The van der Waals surface area contributed by atoms with E-state index in [4.69, 9.17) is 9.47 Å². The molecule has 1 atom stereocenters. The molecule has 2 aromatic heterocycles. The fraction of sp³-hybridized carbons (Fsp3) is 0.176. The Morgan fingerprint density at radius 3 is 3.00 bits per heavy atom. The number of carbonyl (C=O) groups is 1. The highest BCUT2D eigenvalue weighted by Crippen LogP contribution is 2.32. The van der Waals surface area contributed by atoms with Crippen LogP contribution in [0.5, 0.6) is 11.5 Å². The maximum Gasteiger partial charge on any atom is 0.251 e. The van der Waals surface area contributed by atoms with Crippen LogP contribution in [0.4, 0.5) is 0 Å². The van der Waals surface area contributed by atoms with Crippen LogP contribution in [-0.2, 0) is 0 Å². The van der Waals surface area contributed by atoms with Crippen LogP contribution < -0.4 is 14.8 Å². The Morgan fingerprint density at radius 1 is 1.29 bits per heavy atom. The van der Waals surface area contributed by atoms with Gasteiger partial charge in [-0.3, -0.25) is 9.48 Å². The minimum Gasteiger partial charge on any atom is -0.454 e.